The minimum absolute atomic E-state index is 0.00963. The lowest BCUT2D eigenvalue weighted by Crippen LogP contribution is -1.99. The van der Waals surface area contributed by atoms with Gasteiger partial charge in [0.2, 0.25) is 5.95 Å². The molecule has 2 N–H and O–H groups in total. The molecule has 1 heterocycles. The van der Waals surface area contributed by atoms with E-state index in [0.29, 0.717) is 3.57 Å². The topological polar surface area (TPSA) is 62.7 Å². The van der Waals surface area contributed by atoms with E-state index < -0.39 is 5.95 Å². The first-order valence-electron chi connectivity index (χ1n) is 2.66. The average molecular weight is 263 g/mol. The van der Waals surface area contributed by atoms with Crippen molar-refractivity contribution in [3.63, 3.8) is 0 Å². The summed E-state index contributed by atoms with van der Waals surface area (Å²) >= 11 is 1.84. The van der Waals surface area contributed by atoms with Crippen LogP contribution in [-0.4, -0.2) is 4.98 Å². The summed E-state index contributed by atoms with van der Waals surface area (Å²) in [6.45, 7) is 0. The van der Waals surface area contributed by atoms with Crippen molar-refractivity contribution in [3.8, 4) is 6.07 Å². The Morgan fingerprint density at radius 3 is 2.82 bits per heavy atom. The first-order valence-corrected chi connectivity index (χ1v) is 3.74. The van der Waals surface area contributed by atoms with Crippen LogP contribution in [0, 0.1) is 20.8 Å². The van der Waals surface area contributed by atoms with Crippen molar-refractivity contribution in [2.75, 3.05) is 5.73 Å². The van der Waals surface area contributed by atoms with Crippen LogP contribution >= 0.6 is 22.6 Å². The lowest BCUT2D eigenvalue weighted by atomic mass is 10.3. The summed E-state index contributed by atoms with van der Waals surface area (Å²) in [5, 5.41) is 8.35. The third kappa shape index (κ3) is 1.57. The quantitative estimate of drug-likeness (QED) is 0.566. The van der Waals surface area contributed by atoms with Gasteiger partial charge < -0.3 is 5.73 Å². The number of nitrogens with zero attached hydrogens (tertiary/aromatic N) is 2. The van der Waals surface area contributed by atoms with Crippen LogP contribution < -0.4 is 5.73 Å². The molecule has 11 heavy (non-hydrogen) atoms. The summed E-state index contributed by atoms with van der Waals surface area (Å²) in [5.41, 5.74) is 5.28. The normalized spacial score (nSPS) is 9.18. The molecule has 0 saturated heterocycles. The van der Waals surface area contributed by atoms with Crippen LogP contribution in [0.2, 0.25) is 0 Å². The van der Waals surface area contributed by atoms with Crippen LogP contribution in [0.4, 0.5) is 10.1 Å². The van der Waals surface area contributed by atoms with Crippen molar-refractivity contribution < 1.29 is 4.39 Å². The molecule has 0 aliphatic rings. The molecular formula is C6H3FIN3. The number of aromatic nitrogens is 1. The Kier molecular flexibility index (Phi) is 2.24. The zero-order chi connectivity index (χ0) is 8.43. The predicted molar refractivity (Wildman–Crippen MR) is 46.0 cm³/mol. The van der Waals surface area contributed by atoms with Gasteiger partial charge in [0.15, 0.2) is 0 Å². The van der Waals surface area contributed by atoms with Gasteiger partial charge in [0.25, 0.3) is 0 Å². The zero-order valence-electron chi connectivity index (χ0n) is 5.31. The second-order valence-electron chi connectivity index (χ2n) is 1.81. The molecule has 3 nitrogen and oxygen atoms in total. The summed E-state index contributed by atoms with van der Waals surface area (Å²) in [6.07, 6.45) is 0. The van der Waals surface area contributed by atoms with Gasteiger partial charge in [0, 0.05) is 3.57 Å². The van der Waals surface area contributed by atoms with E-state index in [1.165, 1.54) is 6.07 Å². The lowest BCUT2D eigenvalue weighted by Gasteiger charge is -1.97. The lowest BCUT2D eigenvalue weighted by molar-refractivity contribution is 0.586. The zero-order valence-corrected chi connectivity index (χ0v) is 7.46. The van der Waals surface area contributed by atoms with Gasteiger partial charge in [-0.25, -0.2) is 4.98 Å². The van der Waals surface area contributed by atoms with Crippen molar-refractivity contribution >= 4 is 28.3 Å². The van der Waals surface area contributed by atoms with Gasteiger partial charge in [-0.1, -0.05) is 0 Å². The largest absolute Gasteiger partial charge is 0.394 e. The van der Waals surface area contributed by atoms with Crippen molar-refractivity contribution in [3.05, 3.63) is 21.3 Å². The molecule has 0 amide bonds. The second kappa shape index (κ2) is 3.00. The Labute approximate surface area is 76.2 Å². The maximum absolute atomic E-state index is 12.6. The van der Waals surface area contributed by atoms with Gasteiger partial charge >= 0.3 is 0 Å². The fraction of sp³-hybridized carbons (Fsp3) is 0. The van der Waals surface area contributed by atoms with Crippen molar-refractivity contribution in [2.45, 2.75) is 0 Å². The minimum atomic E-state index is -0.784. The summed E-state index contributed by atoms with van der Waals surface area (Å²) < 4.78 is 13.1. The summed E-state index contributed by atoms with van der Waals surface area (Å²) in [6, 6.07) is 3.15. The van der Waals surface area contributed by atoms with Crippen molar-refractivity contribution in [1.29, 1.82) is 5.26 Å². The minimum Gasteiger partial charge on any atom is -0.394 e. The summed E-state index contributed by atoms with van der Waals surface area (Å²) in [5.74, 6) is -0.784. The highest BCUT2D eigenvalue weighted by Gasteiger charge is 2.05. The van der Waals surface area contributed by atoms with E-state index in [-0.39, 0.29) is 11.4 Å². The monoisotopic (exact) mass is 263 g/mol. The Hall–Kier alpha value is -0.900. The molecule has 5 heteroatoms. The molecule has 0 spiro atoms. The van der Waals surface area contributed by atoms with Crippen LogP contribution in [0.15, 0.2) is 6.07 Å². The smallest absolute Gasteiger partial charge is 0.238 e. The molecule has 1 aromatic rings. The molecule has 0 aliphatic carbocycles. The van der Waals surface area contributed by atoms with E-state index in [1.807, 2.05) is 22.6 Å². The third-order valence-electron chi connectivity index (χ3n) is 1.08. The standard InChI is InChI=1S/C6H3FIN3/c7-6-5(10)4(8)1-3(2-9)11-6/h1H,10H2. The fourth-order valence-corrected chi connectivity index (χ4v) is 1.07. The molecule has 0 bridgehead atoms. The SMILES string of the molecule is N#Cc1cc(I)c(N)c(F)n1. The Bertz CT molecular complexity index is 308. The summed E-state index contributed by atoms with van der Waals surface area (Å²) in [4.78, 5) is 3.29. The van der Waals surface area contributed by atoms with Gasteiger partial charge in [0.05, 0.1) is 0 Å². The van der Waals surface area contributed by atoms with Crippen LogP contribution in [-0.2, 0) is 0 Å². The Balaban J connectivity index is 3.35. The van der Waals surface area contributed by atoms with E-state index >= 15 is 0 Å². The molecule has 0 fully saturated rings. The van der Waals surface area contributed by atoms with Gasteiger partial charge in [-0.05, 0) is 28.7 Å². The third-order valence-corrected chi connectivity index (χ3v) is 1.97. The number of nitrogens with two attached hydrogens (primary N) is 1. The van der Waals surface area contributed by atoms with Crippen molar-refractivity contribution in [1.82, 2.24) is 4.98 Å². The van der Waals surface area contributed by atoms with Gasteiger partial charge in [0.1, 0.15) is 17.5 Å². The maximum atomic E-state index is 12.6. The fourth-order valence-electron chi connectivity index (χ4n) is 0.552. The van der Waals surface area contributed by atoms with E-state index in [4.69, 9.17) is 11.0 Å². The number of rotatable bonds is 0. The highest BCUT2D eigenvalue weighted by Crippen LogP contribution is 2.17. The number of nitriles is 1. The number of hydrogen-bond acceptors (Lipinski definition) is 3. The van der Waals surface area contributed by atoms with E-state index in [2.05, 4.69) is 4.98 Å². The molecule has 0 saturated carbocycles. The number of halogens is 2. The van der Waals surface area contributed by atoms with Gasteiger partial charge in [-0.15, -0.1) is 0 Å². The number of nitrogen functional groups attached to an aromatic ring is 1. The highest BCUT2D eigenvalue weighted by molar-refractivity contribution is 14.1. The molecular weight excluding hydrogens is 260 g/mol. The van der Waals surface area contributed by atoms with Crippen molar-refractivity contribution in [2.24, 2.45) is 0 Å². The molecule has 0 unspecified atom stereocenters. The van der Waals surface area contributed by atoms with Gasteiger partial charge in [-0.3, -0.25) is 0 Å². The molecule has 0 radical (unpaired) electrons. The van der Waals surface area contributed by atoms with E-state index in [0.717, 1.165) is 0 Å². The Morgan fingerprint density at radius 2 is 2.36 bits per heavy atom. The molecule has 56 valence electrons. The van der Waals surface area contributed by atoms with E-state index in [9.17, 15) is 4.39 Å². The first-order chi connectivity index (χ1) is 5.15. The highest BCUT2D eigenvalue weighted by atomic mass is 127. The Morgan fingerprint density at radius 1 is 1.73 bits per heavy atom. The number of hydrogen-bond donors (Lipinski definition) is 1. The molecule has 0 atom stereocenters. The molecule has 1 aromatic heterocycles. The van der Waals surface area contributed by atoms with Crippen LogP contribution in [0.25, 0.3) is 0 Å². The van der Waals surface area contributed by atoms with Crippen LogP contribution in [0.1, 0.15) is 5.69 Å². The molecule has 0 aliphatic heterocycles. The van der Waals surface area contributed by atoms with Crippen LogP contribution in [0.5, 0.6) is 0 Å². The average Bonchev–Trinajstić information content (AvgIpc) is 1.99. The summed E-state index contributed by atoms with van der Waals surface area (Å²) in [7, 11) is 0. The first kappa shape index (κ1) is 8.20. The maximum Gasteiger partial charge on any atom is 0.238 e. The van der Waals surface area contributed by atoms with E-state index in [1.54, 1.807) is 6.07 Å². The second-order valence-corrected chi connectivity index (χ2v) is 2.97. The molecule has 0 aromatic carbocycles. The molecule has 1 rings (SSSR count). The predicted octanol–water partition coefficient (Wildman–Crippen LogP) is 1.28. The van der Waals surface area contributed by atoms with Crippen LogP contribution in [0.3, 0.4) is 0 Å². The van der Waals surface area contributed by atoms with Gasteiger partial charge in [-0.2, -0.15) is 9.65 Å². The number of pyridine rings is 1. The number of anilines is 1.